The summed E-state index contributed by atoms with van der Waals surface area (Å²) in [5.74, 6) is -2.31. The zero-order valence-electron chi connectivity index (χ0n) is 8.52. The molecule has 0 radical (unpaired) electrons. The van der Waals surface area contributed by atoms with Gasteiger partial charge in [0, 0.05) is 13.1 Å². The number of alkyl halides is 2. The number of hydrogen-bond donors (Lipinski definition) is 0. The zero-order valence-corrected chi connectivity index (χ0v) is 8.52. The van der Waals surface area contributed by atoms with Gasteiger partial charge in [0.25, 0.3) is 6.43 Å². The molecule has 0 aliphatic carbocycles. The second kappa shape index (κ2) is 4.31. The molecular formula is C11H11F4N. The molecule has 0 bridgehead atoms. The molecule has 0 saturated carbocycles. The van der Waals surface area contributed by atoms with Gasteiger partial charge in [-0.2, -0.15) is 0 Å². The molecular weight excluding hydrogens is 222 g/mol. The Morgan fingerprint density at radius 2 is 1.69 bits per heavy atom. The number of benzene rings is 1. The highest BCUT2D eigenvalue weighted by Gasteiger charge is 2.25. The van der Waals surface area contributed by atoms with Crippen molar-refractivity contribution < 1.29 is 17.6 Å². The van der Waals surface area contributed by atoms with Crippen LogP contribution in [0, 0.1) is 11.6 Å². The molecule has 88 valence electrons. The summed E-state index contributed by atoms with van der Waals surface area (Å²) in [6.07, 6.45) is -1.32. The van der Waals surface area contributed by atoms with E-state index in [2.05, 4.69) is 0 Å². The molecule has 0 aromatic heterocycles. The van der Waals surface area contributed by atoms with Crippen LogP contribution in [0.4, 0.5) is 23.2 Å². The van der Waals surface area contributed by atoms with Gasteiger partial charge < -0.3 is 4.90 Å². The predicted molar refractivity (Wildman–Crippen MR) is 52.8 cm³/mol. The Hall–Kier alpha value is -1.26. The Morgan fingerprint density at radius 3 is 2.25 bits per heavy atom. The summed E-state index contributed by atoms with van der Waals surface area (Å²) in [5, 5.41) is 0. The van der Waals surface area contributed by atoms with E-state index in [0.717, 1.165) is 18.9 Å². The summed E-state index contributed by atoms with van der Waals surface area (Å²) in [7, 11) is 0. The van der Waals surface area contributed by atoms with Crippen LogP contribution in [0.3, 0.4) is 0 Å². The quantitative estimate of drug-likeness (QED) is 0.706. The van der Waals surface area contributed by atoms with E-state index in [1.807, 2.05) is 0 Å². The molecule has 1 saturated heterocycles. The summed E-state index contributed by atoms with van der Waals surface area (Å²) in [6.45, 7) is 1.26. The van der Waals surface area contributed by atoms with Crippen LogP contribution < -0.4 is 4.90 Å². The van der Waals surface area contributed by atoms with E-state index in [1.165, 1.54) is 6.07 Å². The van der Waals surface area contributed by atoms with Crippen LogP contribution in [-0.2, 0) is 0 Å². The Morgan fingerprint density at radius 1 is 1.06 bits per heavy atom. The highest BCUT2D eigenvalue weighted by Crippen LogP contribution is 2.32. The third kappa shape index (κ3) is 1.86. The van der Waals surface area contributed by atoms with Crippen LogP contribution in [0.5, 0.6) is 0 Å². The van der Waals surface area contributed by atoms with Gasteiger partial charge in [-0.05, 0) is 25.0 Å². The maximum atomic E-state index is 13.7. The molecule has 0 atom stereocenters. The largest absolute Gasteiger partial charge is 0.369 e. The van der Waals surface area contributed by atoms with E-state index in [-0.39, 0.29) is 5.69 Å². The van der Waals surface area contributed by atoms with Crippen LogP contribution in [0.1, 0.15) is 24.8 Å². The third-order valence-corrected chi connectivity index (χ3v) is 2.77. The average Bonchev–Trinajstić information content (AvgIpc) is 2.70. The highest BCUT2D eigenvalue weighted by molar-refractivity contribution is 5.51. The van der Waals surface area contributed by atoms with Crippen molar-refractivity contribution in [2.45, 2.75) is 19.3 Å². The third-order valence-electron chi connectivity index (χ3n) is 2.77. The van der Waals surface area contributed by atoms with Crippen molar-refractivity contribution in [3.8, 4) is 0 Å². The molecule has 1 aliphatic rings. The molecule has 1 aromatic rings. The lowest BCUT2D eigenvalue weighted by molar-refractivity contribution is 0.141. The molecule has 1 nitrogen and oxygen atoms in total. The number of halogens is 4. The lowest BCUT2D eigenvalue weighted by atomic mass is 10.1. The molecule has 0 N–H and O–H groups in total. The van der Waals surface area contributed by atoms with E-state index < -0.39 is 23.6 Å². The van der Waals surface area contributed by atoms with E-state index in [0.29, 0.717) is 13.1 Å². The first-order valence-electron chi connectivity index (χ1n) is 5.12. The summed E-state index contributed by atoms with van der Waals surface area (Å²) < 4.78 is 51.6. The molecule has 1 aromatic carbocycles. The van der Waals surface area contributed by atoms with Crippen LogP contribution in [0.15, 0.2) is 12.1 Å². The first-order chi connectivity index (χ1) is 7.61. The smallest absolute Gasteiger partial charge is 0.269 e. The topological polar surface area (TPSA) is 3.24 Å². The van der Waals surface area contributed by atoms with Crippen LogP contribution in [0.2, 0.25) is 0 Å². The van der Waals surface area contributed by atoms with Gasteiger partial charge in [-0.15, -0.1) is 0 Å². The fourth-order valence-electron chi connectivity index (χ4n) is 1.96. The number of nitrogens with zero attached hydrogens (tertiary/aromatic N) is 1. The van der Waals surface area contributed by atoms with Crippen molar-refractivity contribution in [1.82, 2.24) is 0 Å². The second-order valence-electron chi connectivity index (χ2n) is 3.79. The van der Waals surface area contributed by atoms with Crippen LogP contribution in [-0.4, -0.2) is 13.1 Å². The van der Waals surface area contributed by atoms with Crippen LogP contribution >= 0.6 is 0 Å². The van der Waals surface area contributed by atoms with E-state index in [1.54, 1.807) is 4.90 Å². The Labute approximate surface area is 90.7 Å². The maximum Gasteiger partial charge on any atom is 0.269 e. The molecule has 16 heavy (non-hydrogen) atoms. The van der Waals surface area contributed by atoms with Gasteiger partial charge in [-0.1, -0.05) is 0 Å². The first-order valence-corrected chi connectivity index (χ1v) is 5.12. The first kappa shape index (κ1) is 11.2. The fraction of sp³-hybridized carbons (Fsp3) is 0.455. The minimum Gasteiger partial charge on any atom is -0.369 e. The molecule has 1 aliphatic heterocycles. The van der Waals surface area contributed by atoms with Crippen molar-refractivity contribution in [3.05, 3.63) is 29.3 Å². The van der Waals surface area contributed by atoms with E-state index in [4.69, 9.17) is 0 Å². The van der Waals surface area contributed by atoms with Crippen molar-refractivity contribution >= 4 is 5.69 Å². The number of hydrogen-bond acceptors (Lipinski definition) is 1. The standard InChI is InChI=1S/C11H11F4N/c12-7-3-4-8(16-5-1-2-6-16)10(13)9(7)11(14)15/h3-4,11H,1-2,5-6H2. The lowest BCUT2D eigenvalue weighted by Crippen LogP contribution is -2.20. The van der Waals surface area contributed by atoms with Gasteiger partial charge in [0.05, 0.1) is 11.3 Å². The van der Waals surface area contributed by atoms with Gasteiger partial charge in [0.15, 0.2) is 5.82 Å². The summed E-state index contributed by atoms with van der Waals surface area (Å²) in [6, 6.07) is 2.13. The highest BCUT2D eigenvalue weighted by atomic mass is 19.3. The Kier molecular flexibility index (Phi) is 3.03. The average molecular weight is 233 g/mol. The van der Waals surface area contributed by atoms with Gasteiger partial charge in [-0.25, -0.2) is 17.6 Å². The molecule has 2 rings (SSSR count). The monoisotopic (exact) mass is 233 g/mol. The SMILES string of the molecule is Fc1ccc(N2CCCC2)c(F)c1C(F)F. The number of rotatable bonds is 2. The molecule has 0 amide bonds. The summed E-state index contributed by atoms with van der Waals surface area (Å²) in [5.41, 5.74) is -1.04. The molecule has 1 heterocycles. The minimum atomic E-state index is -3.12. The molecule has 1 fully saturated rings. The second-order valence-corrected chi connectivity index (χ2v) is 3.79. The van der Waals surface area contributed by atoms with Crippen molar-refractivity contribution in [3.63, 3.8) is 0 Å². The predicted octanol–water partition coefficient (Wildman–Crippen LogP) is 3.50. The minimum absolute atomic E-state index is 0.0780. The lowest BCUT2D eigenvalue weighted by Gasteiger charge is -2.19. The summed E-state index contributed by atoms with van der Waals surface area (Å²) in [4.78, 5) is 1.67. The zero-order chi connectivity index (χ0) is 11.7. The normalized spacial score (nSPS) is 16.2. The summed E-state index contributed by atoms with van der Waals surface area (Å²) >= 11 is 0. The van der Waals surface area contributed by atoms with Gasteiger partial charge in [-0.3, -0.25) is 0 Å². The van der Waals surface area contributed by atoms with Crippen molar-refractivity contribution in [1.29, 1.82) is 0 Å². The van der Waals surface area contributed by atoms with Crippen LogP contribution in [0.25, 0.3) is 0 Å². The molecule has 0 spiro atoms. The molecule has 0 unspecified atom stereocenters. The number of anilines is 1. The van der Waals surface area contributed by atoms with Gasteiger partial charge in [0.1, 0.15) is 5.82 Å². The van der Waals surface area contributed by atoms with Crippen molar-refractivity contribution in [2.75, 3.05) is 18.0 Å². The Bertz CT molecular complexity index is 386. The maximum absolute atomic E-state index is 13.7. The fourth-order valence-corrected chi connectivity index (χ4v) is 1.96. The van der Waals surface area contributed by atoms with Crippen molar-refractivity contribution in [2.24, 2.45) is 0 Å². The van der Waals surface area contributed by atoms with E-state index in [9.17, 15) is 17.6 Å². The van der Waals surface area contributed by atoms with Gasteiger partial charge >= 0.3 is 0 Å². The Balaban J connectivity index is 2.43. The van der Waals surface area contributed by atoms with Gasteiger partial charge in [0.2, 0.25) is 0 Å². The van der Waals surface area contributed by atoms with E-state index >= 15 is 0 Å². The molecule has 5 heteroatoms.